The third-order valence-electron chi connectivity index (χ3n) is 5.32. The van der Waals surface area contributed by atoms with Gasteiger partial charge in [-0.15, -0.1) is 0 Å². The van der Waals surface area contributed by atoms with Crippen molar-refractivity contribution in [2.45, 2.75) is 85.2 Å². The Kier molecular flexibility index (Phi) is 8.13. The van der Waals surface area contributed by atoms with Gasteiger partial charge in [-0.05, 0) is 56.4 Å². The molecule has 0 spiro atoms. The third-order valence-corrected chi connectivity index (χ3v) is 5.32. The largest absolute Gasteiger partial charge is 0.326 e. The molecule has 0 aromatic heterocycles. The maximum Gasteiger partial charge on any atom is 0.0217 e. The van der Waals surface area contributed by atoms with Gasteiger partial charge in [0.05, 0.1) is 0 Å². The van der Waals surface area contributed by atoms with Crippen molar-refractivity contribution < 1.29 is 0 Å². The van der Waals surface area contributed by atoms with Gasteiger partial charge in [-0.1, -0.05) is 47.0 Å². The maximum atomic E-state index is 6.43. The summed E-state index contributed by atoms with van der Waals surface area (Å²) in [6, 6.07) is 0.718. The monoisotopic (exact) mass is 282 g/mol. The normalized spacial score (nSPS) is 33.0. The molecule has 0 aliphatic heterocycles. The molecule has 0 amide bonds. The van der Waals surface area contributed by atoms with Gasteiger partial charge in [-0.2, -0.15) is 0 Å². The molecule has 1 aliphatic rings. The summed E-state index contributed by atoms with van der Waals surface area (Å²) in [4.78, 5) is 0. The fourth-order valence-electron chi connectivity index (χ4n) is 4.19. The summed E-state index contributed by atoms with van der Waals surface area (Å²) in [6.07, 6.45) is 8.41. The van der Waals surface area contributed by atoms with Crippen LogP contribution in [0.3, 0.4) is 0 Å². The Labute approximate surface area is 127 Å². The van der Waals surface area contributed by atoms with Gasteiger partial charge in [0.15, 0.2) is 0 Å². The summed E-state index contributed by atoms with van der Waals surface area (Å²) in [7, 11) is 0. The van der Waals surface area contributed by atoms with E-state index in [0.717, 1.165) is 24.3 Å². The SMILES string of the molecule is CCNC(C)C(N)C(C)CC1CCCC(C)CC(C)C1. The Morgan fingerprint density at radius 3 is 2.45 bits per heavy atom. The molecule has 0 radical (unpaired) electrons. The summed E-state index contributed by atoms with van der Waals surface area (Å²) < 4.78 is 0. The van der Waals surface area contributed by atoms with Crippen LogP contribution in [0.15, 0.2) is 0 Å². The Morgan fingerprint density at radius 1 is 1.10 bits per heavy atom. The van der Waals surface area contributed by atoms with Crippen LogP contribution in [0.5, 0.6) is 0 Å². The van der Waals surface area contributed by atoms with Crippen LogP contribution in [0.25, 0.3) is 0 Å². The highest BCUT2D eigenvalue weighted by atomic mass is 14.9. The second-order valence-corrected chi connectivity index (χ2v) is 7.62. The molecule has 1 rings (SSSR count). The first-order valence-electron chi connectivity index (χ1n) is 8.92. The molecular formula is C18H38N2. The van der Waals surface area contributed by atoms with E-state index in [0.29, 0.717) is 12.0 Å². The molecule has 0 heterocycles. The number of hydrogen-bond donors (Lipinski definition) is 2. The van der Waals surface area contributed by atoms with E-state index in [2.05, 4.69) is 39.9 Å². The molecule has 0 saturated heterocycles. The van der Waals surface area contributed by atoms with E-state index in [-0.39, 0.29) is 6.04 Å². The quantitative estimate of drug-likeness (QED) is 0.766. The molecule has 0 aromatic carbocycles. The van der Waals surface area contributed by atoms with Gasteiger partial charge in [-0.3, -0.25) is 0 Å². The molecule has 2 nitrogen and oxygen atoms in total. The minimum atomic E-state index is 0.287. The fraction of sp³-hybridized carbons (Fsp3) is 1.00. The Bertz CT molecular complexity index is 254. The number of rotatable bonds is 6. The maximum absolute atomic E-state index is 6.43. The standard InChI is InChI=1S/C18H38N2/c1-6-20-16(5)18(19)15(4)12-17-9-7-8-13(2)10-14(3)11-17/h13-18,20H,6-12,19H2,1-5H3. The predicted octanol–water partition coefficient (Wildman–Crippen LogP) is 4.19. The van der Waals surface area contributed by atoms with E-state index in [9.17, 15) is 0 Å². The molecule has 1 aliphatic carbocycles. The highest BCUT2D eigenvalue weighted by molar-refractivity contribution is 4.82. The van der Waals surface area contributed by atoms with Crippen LogP contribution < -0.4 is 11.1 Å². The molecule has 6 atom stereocenters. The van der Waals surface area contributed by atoms with E-state index in [1.807, 2.05) is 0 Å². The minimum Gasteiger partial charge on any atom is -0.326 e. The van der Waals surface area contributed by atoms with Crippen LogP contribution in [-0.2, 0) is 0 Å². The van der Waals surface area contributed by atoms with Crippen molar-refractivity contribution in [3.8, 4) is 0 Å². The van der Waals surface area contributed by atoms with Crippen LogP contribution in [-0.4, -0.2) is 18.6 Å². The zero-order chi connectivity index (χ0) is 15.1. The van der Waals surface area contributed by atoms with Gasteiger partial charge in [0.25, 0.3) is 0 Å². The van der Waals surface area contributed by atoms with Crippen molar-refractivity contribution >= 4 is 0 Å². The first-order valence-corrected chi connectivity index (χ1v) is 8.92. The summed E-state index contributed by atoms with van der Waals surface area (Å²) in [5, 5.41) is 3.48. The first-order chi connectivity index (χ1) is 9.43. The molecule has 0 aromatic rings. The molecule has 6 unspecified atom stereocenters. The molecular weight excluding hydrogens is 244 g/mol. The Balaban J connectivity index is 2.44. The van der Waals surface area contributed by atoms with E-state index >= 15 is 0 Å². The molecule has 2 heteroatoms. The van der Waals surface area contributed by atoms with Crippen LogP contribution in [0.4, 0.5) is 0 Å². The van der Waals surface area contributed by atoms with E-state index in [1.54, 1.807) is 0 Å². The summed E-state index contributed by atoms with van der Waals surface area (Å²) in [5.74, 6) is 3.34. The number of nitrogens with two attached hydrogens (primary N) is 1. The lowest BCUT2D eigenvalue weighted by atomic mass is 9.76. The first kappa shape index (κ1) is 18.0. The van der Waals surface area contributed by atoms with Crippen molar-refractivity contribution in [1.29, 1.82) is 0 Å². The molecule has 0 bridgehead atoms. The second-order valence-electron chi connectivity index (χ2n) is 7.62. The smallest absolute Gasteiger partial charge is 0.0217 e. The molecule has 1 saturated carbocycles. The zero-order valence-electron chi connectivity index (χ0n) is 14.5. The number of hydrogen-bond acceptors (Lipinski definition) is 2. The van der Waals surface area contributed by atoms with Gasteiger partial charge in [0, 0.05) is 12.1 Å². The molecule has 20 heavy (non-hydrogen) atoms. The second kappa shape index (κ2) is 9.04. The number of nitrogens with one attached hydrogen (secondary N) is 1. The van der Waals surface area contributed by atoms with Crippen molar-refractivity contribution in [2.75, 3.05) is 6.54 Å². The fourth-order valence-corrected chi connectivity index (χ4v) is 4.19. The van der Waals surface area contributed by atoms with E-state index in [4.69, 9.17) is 5.73 Å². The van der Waals surface area contributed by atoms with Gasteiger partial charge >= 0.3 is 0 Å². The average Bonchev–Trinajstić information content (AvgIpc) is 2.35. The lowest BCUT2D eigenvalue weighted by Crippen LogP contribution is -2.47. The number of likely N-dealkylation sites (N-methyl/N-ethyl adjacent to an activating group) is 1. The van der Waals surface area contributed by atoms with Gasteiger partial charge in [0.1, 0.15) is 0 Å². The highest BCUT2D eigenvalue weighted by Gasteiger charge is 2.25. The van der Waals surface area contributed by atoms with Crippen molar-refractivity contribution in [2.24, 2.45) is 29.4 Å². The van der Waals surface area contributed by atoms with Crippen molar-refractivity contribution in [3.05, 3.63) is 0 Å². The Morgan fingerprint density at radius 2 is 1.80 bits per heavy atom. The average molecular weight is 283 g/mol. The van der Waals surface area contributed by atoms with Crippen molar-refractivity contribution in [3.63, 3.8) is 0 Å². The van der Waals surface area contributed by atoms with Crippen LogP contribution in [0.2, 0.25) is 0 Å². The van der Waals surface area contributed by atoms with Crippen LogP contribution in [0.1, 0.15) is 73.1 Å². The molecule has 1 fully saturated rings. The van der Waals surface area contributed by atoms with Gasteiger partial charge in [0.2, 0.25) is 0 Å². The predicted molar refractivity (Wildman–Crippen MR) is 89.8 cm³/mol. The molecule has 3 N–H and O–H groups in total. The zero-order valence-corrected chi connectivity index (χ0v) is 14.5. The highest BCUT2D eigenvalue weighted by Crippen LogP contribution is 2.33. The summed E-state index contributed by atoms with van der Waals surface area (Å²) in [5.41, 5.74) is 6.43. The minimum absolute atomic E-state index is 0.287. The van der Waals surface area contributed by atoms with E-state index < -0.39 is 0 Å². The van der Waals surface area contributed by atoms with Crippen LogP contribution in [0, 0.1) is 23.7 Å². The lowest BCUT2D eigenvalue weighted by Gasteiger charge is -2.32. The topological polar surface area (TPSA) is 38.0 Å². The molecule has 120 valence electrons. The van der Waals surface area contributed by atoms with Gasteiger partial charge in [-0.25, -0.2) is 0 Å². The van der Waals surface area contributed by atoms with Crippen LogP contribution >= 0.6 is 0 Å². The lowest BCUT2D eigenvalue weighted by molar-refractivity contribution is 0.220. The third kappa shape index (κ3) is 6.13. The van der Waals surface area contributed by atoms with Gasteiger partial charge < -0.3 is 11.1 Å². The summed E-state index contributed by atoms with van der Waals surface area (Å²) >= 11 is 0. The Hall–Kier alpha value is -0.0800. The summed E-state index contributed by atoms with van der Waals surface area (Å²) in [6.45, 7) is 12.6. The van der Waals surface area contributed by atoms with Crippen molar-refractivity contribution in [1.82, 2.24) is 5.32 Å². The van der Waals surface area contributed by atoms with E-state index in [1.165, 1.54) is 38.5 Å².